The van der Waals surface area contributed by atoms with E-state index in [9.17, 15) is 10.1 Å². The molecule has 0 saturated heterocycles. The van der Waals surface area contributed by atoms with Crippen molar-refractivity contribution in [1.29, 1.82) is 0 Å². The lowest BCUT2D eigenvalue weighted by Gasteiger charge is -2.09. The standard InChI is InChI=1S/C18H18N4O3/c1-13-11-17(21-12-15(13)22(23)24)19-9-4-10-25-16-7-2-5-14-6-3-8-20-18(14)16/h2-3,5-8,11-12H,4,9-10H2,1H3,(H,19,21). The van der Waals surface area contributed by atoms with Crippen molar-refractivity contribution in [3.8, 4) is 5.75 Å². The summed E-state index contributed by atoms with van der Waals surface area (Å²) in [5.74, 6) is 1.39. The molecule has 0 aliphatic carbocycles. The van der Waals surface area contributed by atoms with Crippen molar-refractivity contribution in [2.24, 2.45) is 0 Å². The summed E-state index contributed by atoms with van der Waals surface area (Å²) >= 11 is 0. The molecule has 0 aliphatic rings. The van der Waals surface area contributed by atoms with Gasteiger partial charge in [-0.05, 0) is 31.5 Å². The average Bonchev–Trinajstić information content (AvgIpc) is 2.61. The van der Waals surface area contributed by atoms with E-state index in [1.165, 1.54) is 6.20 Å². The molecular formula is C18H18N4O3. The van der Waals surface area contributed by atoms with Gasteiger partial charge in [-0.1, -0.05) is 18.2 Å². The minimum absolute atomic E-state index is 0.0253. The van der Waals surface area contributed by atoms with Crippen LogP contribution in [0.2, 0.25) is 0 Å². The van der Waals surface area contributed by atoms with E-state index in [0.717, 1.165) is 23.1 Å². The van der Waals surface area contributed by atoms with Crippen LogP contribution < -0.4 is 10.1 Å². The summed E-state index contributed by atoms with van der Waals surface area (Å²) in [5.41, 5.74) is 1.46. The van der Waals surface area contributed by atoms with Crippen LogP contribution in [0.25, 0.3) is 10.9 Å². The predicted molar refractivity (Wildman–Crippen MR) is 96.0 cm³/mol. The maximum Gasteiger partial charge on any atom is 0.290 e. The van der Waals surface area contributed by atoms with E-state index in [4.69, 9.17) is 4.74 Å². The molecule has 0 atom stereocenters. The number of hydrogen-bond acceptors (Lipinski definition) is 6. The highest BCUT2D eigenvalue weighted by atomic mass is 16.6. The van der Waals surface area contributed by atoms with Crippen molar-refractivity contribution < 1.29 is 9.66 Å². The van der Waals surface area contributed by atoms with Gasteiger partial charge >= 0.3 is 0 Å². The third-order valence-corrected chi connectivity index (χ3v) is 3.76. The van der Waals surface area contributed by atoms with Crippen LogP contribution in [0.4, 0.5) is 11.5 Å². The van der Waals surface area contributed by atoms with Crippen molar-refractivity contribution in [3.63, 3.8) is 0 Å². The second-order valence-corrected chi connectivity index (χ2v) is 5.57. The number of ether oxygens (including phenoxy) is 1. The SMILES string of the molecule is Cc1cc(NCCCOc2cccc3cccnc23)ncc1[N+](=O)[O-]. The average molecular weight is 338 g/mol. The van der Waals surface area contributed by atoms with Gasteiger partial charge in [0.15, 0.2) is 0 Å². The fraction of sp³-hybridized carbons (Fsp3) is 0.222. The van der Waals surface area contributed by atoms with Crippen molar-refractivity contribution in [2.45, 2.75) is 13.3 Å². The molecule has 0 aliphatic heterocycles. The van der Waals surface area contributed by atoms with Crippen LogP contribution in [0.1, 0.15) is 12.0 Å². The van der Waals surface area contributed by atoms with Crippen LogP contribution in [0.5, 0.6) is 5.75 Å². The molecule has 2 aromatic heterocycles. The van der Waals surface area contributed by atoms with Gasteiger partial charge in [-0.2, -0.15) is 0 Å². The van der Waals surface area contributed by atoms with Crippen LogP contribution in [0.15, 0.2) is 48.8 Å². The van der Waals surface area contributed by atoms with E-state index in [0.29, 0.717) is 24.5 Å². The number of nitro groups is 1. The zero-order valence-electron chi connectivity index (χ0n) is 13.8. The number of fused-ring (bicyclic) bond motifs is 1. The summed E-state index contributed by atoms with van der Waals surface area (Å²) in [6.45, 7) is 2.89. The molecule has 0 bridgehead atoms. The first-order chi connectivity index (χ1) is 12.1. The van der Waals surface area contributed by atoms with E-state index in [-0.39, 0.29) is 5.69 Å². The Kier molecular flexibility index (Phi) is 5.03. The molecule has 7 heteroatoms. The van der Waals surface area contributed by atoms with E-state index >= 15 is 0 Å². The monoisotopic (exact) mass is 338 g/mol. The fourth-order valence-electron chi connectivity index (χ4n) is 2.50. The number of para-hydroxylation sites is 1. The van der Waals surface area contributed by atoms with Crippen molar-refractivity contribution in [1.82, 2.24) is 9.97 Å². The van der Waals surface area contributed by atoms with Crippen LogP contribution in [-0.2, 0) is 0 Å². The molecule has 0 unspecified atom stereocenters. The van der Waals surface area contributed by atoms with Crippen molar-refractivity contribution in [2.75, 3.05) is 18.5 Å². The van der Waals surface area contributed by atoms with Gasteiger partial charge in [0.2, 0.25) is 0 Å². The van der Waals surface area contributed by atoms with Crippen LogP contribution >= 0.6 is 0 Å². The number of benzene rings is 1. The normalized spacial score (nSPS) is 10.6. The van der Waals surface area contributed by atoms with E-state index in [1.807, 2.05) is 30.3 Å². The fourth-order valence-corrected chi connectivity index (χ4v) is 2.50. The van der Waals surface area contributed by atoms with Gasteiger partial charge < -0.3 is 10.1 Å². The second kappa shape index (κ2) is 7.57. The van der Waals surface area contributed by atoms with Crippen LogP contribution in [0, 0.1) is 17.0 Å². The first-order valence-electron chi connectivity index (χ1n) is 7.96. The van der Waals surface area contributed by atoms with Gasteiger partial charge in [0.05, 0.1) is 11.5 Å². The summed E-state index contributed by atoms with van der Waals surface area (Å²) < 4.78 is 5.82. The molecular weight excluding hydrogens is 320 g/mol. The second-order valence-electron chi connectivity index (χ2n) is 5.57. The molecule has 2 heterocycles. The number of rotatable bonds is 7. The minimum atomic E-state index is -0.432. The number of nitrogens with zero attached hydrogens (tertiary/aromatic N) is 3. The highest BCUT2D eigenvalue weighted by Gasteiger charge is 2.11. The first kappa shape index (κ1) is 16.6. The lowest BCUT2D eigenvalue weighted by Crippen LogP contribution is -2.09. The van der Waals surface area contributed by atoms with Gasteiger partial charge in [-0.15, -0.1) is 0 Å². The molecule has 7 nitrogen and oxygen atoms in total. The molecule has 0 radical (unpaired) electrons. The van der Waals surface area contributed by atoms with Gasteiger partial charge in [-0.3, -0.25) is 15.1 Å². The zero-order valence-corrected chi connectivity index (χ0v) is 13.8. The molecule has 3 rings (SSSR count). The molecule has 128 valence electrons. The Morgan fingerprint density at radius 1 is 1.24 bits per heavy atom. The number of nitrogens with one attached hydrogen (secondary N) is 1. The largest absolute Gasteiger partial charge is 0.491 e. The maximum atomic E-state index is 10.8. The van der Waals surface area contributed by atoms with Gasteiger partial charge in [-0.25, -0.2) is 4.98 Å². The summed E-state index contributed by atoms with van der Waals surface area (Å²) in [4.78, 5) is 18.8. The molecule has 0 amide bonds. The van der Waals surface area contributed by atoms with Gasteiger partial charge in [0.1, 0.15) is 23.3 Å². The Morgan fingerprint density at radius 3 is 2.88 bits per heavy atom. The molecule has 1 N–H and O–H groups in total. The molecule has 3 aromatic rings. The number of aryl methyl sites for hydroxylation is 1. The summed E-state index contributed by atoms with van der Waals surface area (Å²) in [5, 5.41) is 15.0. The zero-order chi connectivity index (χ0) is 17.6. The van der Waals surface area contributed by atoms with Crippen LogP contribution in [0.3, 0.4) is 0 Å². The Balaban J connectivity index is 1.50. The molecule has 25 heavy (non-hydrogen) atoms. The van der Waals surface area contributed by atoms with E-state index in [1.54, 1.807) is 19.2 Å². The predicted octanol–water partition coefficient (Wildman–Crippen LogP) is 3.73. The lowest BCUT2D eigenvalue weighted by molar-refractivity contribution is -0.385. The summed E-state index contributed by atoms with van der Waals surface area (Å²) in [6, 6.07) is 11.4. The van der Waals surface area contributed by atoms with Gasteiger partial charge in [0, 0.05) is 23.7 Å². The Hall–Kier alpha value is -3.22. The van der Waals surface area contributed by atoms with E-state index in [2.05, 4.69) is 15.3 Å². The van der Waals surface area contributed by atoms with Crippen LogP contribution in [-0.4, -0.2) is 28.0 Å². The lowest BCUT2D eigenvalue weighted by atomic mass is 10.2. The third kappa shape index (κ3) is 4.00. The maximum absolute atomic E-state index is 10.8. The summed E-state index contributed by atoms with van der Waals surface area (Å²) in [7, 11) is 0. The Morgan fingerprint density at radius 2 is 2.08 bits per heavy atom. The Labute approximate surface area is 144 Å². The smallest absolute Gasteiger partial charge is 0.290 e. The van der Waals surface area contributed by atoms with Gasteiger partial charge in [0.25, 0.3) is 5.69 Å². The quantitative estimate of drug-likeness (QED) is 0.401. The summed E-state index contributed by atoms with van der Waals surface area (Å²) in [6.07, 6.45) is 3.79. The number of pyridine rings is 2. The number of aromatic nitrogens is 2. The molecule has 1 aromatic carbocycles. The minimum Gasteiger partial charge on any atom is -0.491 e. The van der Waals surface area contributed by atoms with Crippen molar-refractivity contribution >= 4 is 22.4 Å². The number of hydrogen-bond donors (Lipinski definition) is 1. The third-order valence-electron chi connectivity index (χ3n) is 3.76. The topological polar surface area (TPSA) is 90.2 Å². The first-order valence-corrected chi connectivity index (χ1v) is 7.96. The molecule has 0 spiro atoms. The highest BCUT2D eigenvalue weighted by molar-refractivity contribution is 5.84. The van der Waals surface area contributed by atoms with Crippen molar-refractivity contribution in [3.05, 3.63) is 64.5 Å². The molecule has 0 saturated carbocycles. The molecule has 0 fully saturated rings. The highest BCUT2D eigenvalue weighted by Crippen LogP contribution is 2.23. The Bertz CT molecular complexity index is 893. The van der Waals surface area contributed by atoms with E-state index < -0.39 is 4.92 Å². The number of anilines is 1.